The van der Waals surface area contributed by atoms with E-state index in [1.54, 1.807) is 31.4 Å². The minimum Gasteiger partial charge on any atom is -0.497 e. The number of amides is 1. The van der Waals surface area contributed by atoms with E-state index in [1.807, 2.05) is 6.92 Å². The number of sulfone groups is 1. The molecule has 0 saturated carbocycles. The lowest BCUT2D eigenvalue weighted by molar-refractivity contribution is -0.119. The third kappa shape index (κ3) is 4.08. The van der Waals surface area contributed by atoms with Crippen LogP contribution < -0.4 is 14.4 Å². The number of hydrogen-bond acceptors (Lipinski definition) is 5. The Morgan fingerprint density at radius 2 is 2.04 bits per heavy atom. The monoisotopic (exact) mass is 353 g/mol. The Kier molecular flexibility index (Phi) is 5.88. The second-order valence-electron chi connectivity index (χ2n) is 5.63. The van der Waals surface area contributed by atoms with Crippen LogP contribution in [-0.2, 0) is 14.6 Å². The number of carbonyl (C=O) groups excluding carboxylic acids is 1. The van der Waals surface area contributed by atoms with Crippen LogP contribution in [-0.4, -0.2) is 40.3 Å². The van der Waals surface area contributed by atoms with Gasteiger partial charge in [-0.05, 0) is 24.6 Å². The SMILES string of the molecule is CCCCC(=O)N(c1ccc(OC)cc1OC)C1C=CS(=O)(=O)C1. The van der Waals surface area contributed by atoms with Crippen molar-refractivity contribution in [2.24, 2.45) is 0 Å². The molecule has 1 aliphatic heterocycles. The van der Waals surface area contributed by atoms with Gasteiger partial charge in [-0.1, -0.05) is 13.3 Å². The van der Waals surface area contributed by atoms with Crippen molar-refractivity contribution in [1.29, 1.82) is 0 Å². The fourth-order valence-corrected chi connectivity index (χ4v) is 3.92. The molecule has 1 atom stereocenters. The highest BCUT2D eigenvalue weighted by Gasteiger charge is 2.32. The van der Waals surface area contributed by atoms with Gasteiger partial charge >= 0.3 is 0 Å². The Balaban J connectivity index is 2.42. The molecule has 7 heteroatoms. The standard InChI is InChI=1S/C17H23NO5S/c1-4-5-6-17(19)18(13-9-10-24(20,21)12-13)15-8-7-14(22-2)11-16(15)23-3/h7-11,13H,4-6,12H2,1-3H3. The highest BCUT2D eigenvalue weighted by Crippen LogP contribution is 2.35. The summed E-state index contributed by atoms with van der Waals surface area (Å²) in [5, 5.41) is 1.17. The van der Waals surface area contributed by atoms with Gasteiger partial charge < -0.3 is 14.4 Å². The van der Waals surface area contributed by atoms with E-state index in [4.69, 9.17) is 9.47 Å². The van der Waals surface area contributed by atoms with E-state index >= 15 is 0 Å². The van der Waals surface area contributed by atoms with Crippen molar-refractivity contribution >= 4 is 21.4 Å². The number of benzene rings is 1. The first-order valence-corrected chi connectivity index (χ1v) is 9.58. The average molecular weight is 353 g/mol. The number of carbonyl (C=O) groups is 1. The van der Waals surface area contributed by atoms with Crippen molar-refractivity contribution in [1.82, 2.24) is 0 Å². The zero-order valence-electron chi connectivity index (χ0n) is 14.2. The van der Waals surface area contributed by atoms with Crippen LogP contribution in [0.2, 0.25) is 0 Å². The highest BCUT2D eigenvalue weighted by atomic mass is 32.2. The molecule has 132 valence electrons. The van der Waals surface area contributed by atoms with Gasteiger partial charge in [0.05, 0.1) is 31.7 Å². The van der Waals surface area contributed by atoms with Crippen LogP contribution in [0.4, 0.5) is 5.69 Å². The zero-order valence-corrected chi connectivity index (χ0v) is 15.0. The first-order valence-electron chi connectivity index (χ1n) is 7.87. The van der Waals surface area contributed by atoms with Crippen molar-refractivity contribution in [3.63, 3.8) is 0 Å². The van der Waals surface area contributed by atoms with Crippen LogP contribution >= 0.6 is 0 Å². The smallest absolute Gasteiger partial charge is 0.227 e. The topological polar surface area (TPSA) is 72.9 Å². The summed E-state index contributed by atoms with van der Waals surface area (Å²) < 4.78 is 34.2. The molecule has 24 heavy (non-hydrogen) atoms. The maximum atomic E-state index is 12.7. The van der Waals surface area contributed by atoms with E-state index in [-0.39, 0.29) is 11.7 Å². The van der Waals surface area contributed by atoms with Crippen molar-refractivity contribution in [3.05, 3.63) is 29.7 Å². The van der Waals surface area contributed by atoms with Gasteiger partial charge in [0, 0.05) is 17.9 Å². The van der Waals surface area contributed by atoms with Gasteiger partial charge in [0.15, 0.2) is 9.84 Å². The summed E-state index contributed by atoms with van der Waals surface area (Å²) in [7, 11) is -0.220. The molecule has 0 aliphatic carbocycles. The zero-order chi connectivity index (χ0) is 17.7. The normalized spacial score (nSPS) is 18.4. The van der Waals surface area contributed by atoms with Gasteiger partial charge in [0.1, 0.15) is 11.5 Å². The van der Waals surface area contributed by atoms with E-state index in [1.165, 1.54) is 17.4 Å². The van der Waals surface area contributed by atoms with Gasteiger partial charge in [-0.3, -0.25) is 4.79 Å². The van der Waals surface area contributed by atoms with E-state index < -0.39 is 15.9 Å². The maximum Gasteiger partial charge on any atom is 0.227 e. The van der Waals surface area contributed by atoms with Crippen molar-refractivity contribution < 1.29 is 22.7 Å². The molecule has 0 N–H and O–H groups in total. The number of nitrogens with zero attached hydrogens (tertiary/aromatic N) is 1. The Labute approximate surface area is 143 Å². The molecule has 6 nitrogen and oxygen atoms in total. The molecule has 0 bridgehead atoms. The second-order valence-corrected chi connectivity index (χ2v) is 7.56. The molecule has 1 aliphatic rings. The van der Waals surface area contributed by atoms with Gasteiger partial charge in [0.2, 0.25) is 5.91 Å². The van der Waals surface area contributed by atoms with Gasteiger partial charge in [-0.15, -0.1) is 0 Å². The molecule has 1 unspecified atom stereocenters. The minimum absolute atomic E-state index is 0.111. The lowest BCUT2D eigenvalue weighted by atomic mass is 10.1. The molecule has 2 rings (SSSR count). The Bertz CT molecular complexity index is 726. The lowest BCUT2D eigenvalue weighted by Crippen LogP contribution is -2.41. The quantitative estimate of drug-likeness (QED) is 0.753. The number of methoxy groups -OCH3 is 2. The fourth-order valence-electron chi connectivity index (χ4n) is 2.65. The second kappa shape index (κ2) is 7.70. The predicted molar refractivity (Wildman–Crippen MR) is 93.3 cm³/mol. The molecule has 0 radical (unpaired) electrons. The van der Waals surface area contributed by atoms with Crippen LogP contribution in [0.3, 0.4) is 0 Å². The minimum atomic E-state index is -3.27. The summed E-state index contributed by atoms with van der Waals surface area (Å²) in [5.41, 5.74) is 0.547. The van der Waals surface area contributed by atoms with Crippen molar-refractivity contribution in [3.8, 4) is 11.5 Å². The summed E-state index contributed by atoms with van der Waals surface area (Å²) in [6.07, 6.45) is 3.55. The molecule has 0 saturated heterocycles. The average Bonchev–Trinajstić information content (AvgIpc) is 2.92. The van der Waals surface area contributed by atoms with Crippen molar-refractivity contribution in [2.45, 2.75) is 32.2 Å². The third-order valence-electron chi connectivity index (χ3n) is 3.90. The third-order valence-corrected chi connectivity index (χ3v) is 5.28. The van der Waals surface area contributed by atoms with E-state index in [2.05, 4.69) is 0 Å². The number of anilines is 1. The largest absolute Gasteiger partial charge is 0.497 e. The van der Waals surface area contributed by atoms with Crippen LogP contribution in [0.25, 0.3) is 0 Å². The van der Waals surface area contributed by atoms with Crippen LogP contribution in [0, 0.1) is 0 Å². The highest BCUT2D eigenvalue weighted by molar-refractivity contribution is 7.94. The molecule has 1 aromatic rings. The van der Waals surface area contributed by atoms with Crippen LogP contribution in [0.1, 0.15) is 26.2 Å². The Morgan fingerprint density at radius 3 is 2.58 bits per heavy atom. The lowest BCUT2D eigenvalue weighted by Gasteiger charge is -2.29. The van der Waals surface area contributed by atoms with Crippen LogP contribution in [0.15, 0.2) is 29.7 Å². The molecule has 1 heterocycles. The molecule has 0 fully saturated rings. The van der Waals surface area contributed by atoms with Crippen molar-refractivity contribution in [2.75, 3.05) is 24.9 Å². The van der Waals surface area contributed by atoms with Gasteiger partial charge in [0.25, 0.3) is 0 Å². The summed E-state index contributed by atoms with van der Waals surface area (Å²) in [6, 6.07) is 4.61. The number of unbranched alkanes of at least 4 members (excludes halogenated alkanes) is 1. The molecule has 1 amide bonds. The fraction of sp³-hybridized carbons (Fsp3) is 0.471. The number of hydrogen-bond donors (Lipinski definition) is 0. The maximum absolute atomic E-state index is 12.7. The van der Waals surface area contributed by atoms with E-state index in [0.29, 0.717) is 23.6 Å². The molecule has 0 aromatic heterocycles. The molecular formula is C17H23NO5S. The first kappa shape index (κ1) is 18.3. The Hall–Kier alpha value is -2.02. The summed E-state index contributed by atoms with van der Waals surface area (Å²) >= 11 is 0. The van der Waals surface area contributed by atoms with Gasteiger partial charge in [-0.25, -0.2) is 8.42 Å². The van der Waals surface area contributed by atoms with Crippen LogP contribution in [0.5, 0.6) is 11.5 Å². The summed E-state index contributed by atoms with van der Waals surface area (Å²) in [4.78, 5) is 14.3. The summed E-state index contributed by atoms with van der Waals surface area (Å²) in [6.45, 7) is 2.01. The Morgan fingerprint density at radius 1 is 1.29 bits per heavy atom. The number of ether oxygens (including phenoxy) is 2. The molecular weight excluding hydrogens is 330 g/mol. The molecule has 1 aromatic carbocycles. The van der Waals surface area contributed by atoms with E-state index in [0.717, 1.165) is 12.8 Å². The number of rotatable bonds is 7. The van der Waals surface area contributed by atoms with Gasteiger partial charge in [-0.2, -0.15) is 0 Å². The molecule has 0 spiro atoms. The van der Waals surface area contributed by atoms with E-state index in [9.17, 15) is 13.2 Å². The summed E-state index contributed by atoms with van der Waals surface area (Å²) in [5.74, 6) is 0.843. The predicted octanol–water partition coefficient (Wildman–Crippen LogP) is 2.54. The first-order chi connectivity index (χ1) is 11.4.